The minimum absolute atomic E-state index is 0.116. The number of Topliss-reactive ketones (excluding diaryl/α,β-unsaturated/α-hetero) is 1. The Balaban J connectivity index is 2.44. The first-order chi connectivity index (χ1) is 7.70. The second kappa shape index (κ2) is 4.45. The minimum atomic E-state index is 0.116. The van der Waals surface area contributed by atoms with E-state index in [1.54, 1.807) is 0 Å². The van der Waals surface area contributed by atoms with Crippen molar-refractivity contribution in [1.29, 1.82) is 0 Å². The molecule has 0 atom stereocenters. The predicted octanol–water partition coefficient (Wildman–Crippen LogP) is 2.68. The van der Waals surface area contributed by atoms with Crippen LogP contribution in [-0.4, -0.2) is 12.3 Å². The van der Waals surface area contributed by atoms with Crippen LogP contribution < -0.4 is 5.73 Å². The Hall–Kier alpha value is -1.67. The molecule has 82 valence electrons. The van der Waals surface area contributed by atoms with E-state index in [9.17, 15) is 4.79 Å². The van der Waals surface area contributed by atoms with E-state index in [1.807, 2.05) is 24.3 Å². The van der Waals surface area contributed by atoms with E-state index >= 15 is 0 Å². The SMILES string of the molecule is Cc1ccc2cc(C(=O)CCN)ccc2c1. The molecule has 0 amide bonds. The summed E-state index contributed by atoms with van der Waals surface area (Å²) in [7, 11) is 0. The Labute approximate surface area is 95.1 Å². The molecular weight excluding hydrogens is 198 g/mol. The first kappa shape index (κ1) is 10.8. The van der Waals surface area contributed by atoms with E-state index in [0.717, 1.165) is 10.9 Å². The minimum Gasteiger partial charge on any atom is -0.330 e. The topological polar surface area (TPSA) is 43.1 Å². The van der Waals surface area contributed by atoms with Gasteiger partial charge in [-0.05, 0) is 30.3 Å². The second-order valence-electron chi connectivity index (χ2n) is 4.03. The molecule has 0 aliphatic heterocycles. The van der Waals surface area contributed by atoms with Crippen LogP contribution in [0.1, 0.15) is 22.3 Å². The van der Waals surface area contributed by atoms with Crippen LogP contribution in [0.15, 0.2) is 36.4 Å². The van der Waals surface area contributed by atoms with Crippen LogP contribution in [0.4, 0.5) is 0 Å². The molecule has 0 heterocycles. The van der Waals surface area contributed by atoms with Crippen LogP contribution in [0, 0.1) is 6.92 Å². The summed E-state index contributed by atoms with van der Waals surface area (Å²) in [6.45, 7) is 2.47. The third-order valence-corrected chi connectivity index (χ3v) is 2.69. The summed E-state index contributed by atoms with van der Waals surface area (Å²) >= 11 is 0. The fourth-order valence-corrected chi connectivity index (χ4v) is 1.81. The maximum atomic E-state index is 11.7. The van der Waals surface area contributed by atoms with Crippen molar-refractivity contribution in [3.8, 4) is 0 Å². The van der Waals surface area contributed by atoms with Gasteiger partial charge >= 0.3 is 0 Å². The fourth-order valence-electron chi connectivity index (χ4n) is 1.81. The monoisotopic (exact) mass is 213 g/mol. The molecule has 16 heavy (non-hydrogen) atoms. The van der Waals surface area contributed by atoms with Crippen molar-refractivity contribution >= 4 is 16.6 Å². The fraction of sp³-hybridized carbons (Fsp3) is 0.214. The lowest BCUT2D eigenvalue weighted by Gasteiger charge is -2.03. The molecule has 2 heteroatoms. The van der Waals surface area contributed by atoms with Crippen LogP contribution in [0.5, 0.6) is 0 Å². The van der Waals surface area contributed by atoms with Gasteiger partial charge < -0.3 is 5.73 Å². The molecule has 0 radical (unpaired) electrons. The van der Waals surface area contributed by atoms with E-state index in [0.29, 0.717) is 13.0 Å². The van der Waals surface area contributed by atoms with E-state index in [4.69, 9.17) is 5.73 Å². The van der Waals surface area contributed by atoms with Crippen LogP contribution >= 0.6 is 0 Å². The second-order valence-corrected chi connectivity index (χ2v) is 4.03. The molecule has 2 N–H and O–H groups in total. The van der Waals surface area contributed by atoms with Gasteiger partial charge in [-0.1, -0.05) is 35.9 Å². The lowest BCUT2D eigenvalue weighted by molar-refractivity contribution is 0.0985. The van der Waals surface area contributed by atoms with Crippen molar-refractivity contribution in [3.63, 3.8) is 0 Å². The highest BCUT2D eigenvalue weighted by Crippen LogP contribution is 2.18. The molecular formula is C14H15NO. The maximum Gasteiger partial charge on any atom is 0.164 e. The number of rotatable bonds is 3. The molecule has 0 aliphatic carbocycles. The van der Waals surface area contributed by atoms with Crippen molar-refractivity contribution in [3.05, 3.63) is 47.5 Å². The van der Waals surface area contributed by atoms with E-state index < -0.39 is 0 Å². The zero-order valence-corrected chi connectivity index (χ0v) is 9.36. The summed E-state index contributed by atoms with van der Waals surface area (Å²) in [5.74, 6) is 0.116. The normalized spacial score (nSPS) is 10.6. The molecule has 0 saturated heterocycles. The average Bonchev–Trinajstić information content (AvgIpc) is 2.28. The third kappa shape index (κ3) is 2.12. The smallest absolute Gasteiger partial charge is 0.164 e. The largest absolute Gasteiger partial charge is 0.330 e. The summed E-state index contributed by atoms with van der Waals surface area (Å²) in [6.07, 6.45) is 0.414. The first-order valence-corrected chi connectivity index (χ1v) is 5.44. The summed E-state index contributed by atoms with van der Waals surface area (Å²) < 4.78 is 0. The number of nitrogens with two attached hydrogens (primary N) is 1. The Morgan fingerprint density at radius 3 is 2.56 bits per heavy atom. The lowest BCUT2D eigenvalue weighted by atomic mass is 10.0. The predicted molar refractivity (Wildman–Crippen MR) is 66.7 cm³/mol. The van der Waals surface area contributed by atoms with Gasteiger partial charge in [-0.25, -0.2) is 0 Å². The third-order valence-electron chi connectivity index (χ3n) is 2.69. The Bertz CT molecular complexity index is 531. The maximum absolute atomic E-state index is 11.7. The number of aryl methyl sites for hydroxylation is 1. The van der Waals surface area contributed by atoms with Crippen LogP contribution in [0.2, 0.25) is 0 Å². The number of carbonyl (C=O) groups is 1. The zero-order valence-electron chi connectivity index (χ0n) is 9.36. The van der Waals surface area contributed by atoms with Crippen molar-refractivity contribution in [1.82, 2.24) is 0 Å². The number of hydrogen-bond acceptors (Lipinski definition) is 2. The van der Waals surface area contributed by atoms with E-state index in [2.05, 4.69) is 19.1 Å². The number of carbonyl (C=O) groups excluding carboxylic acids is 1. The van der Waals surface area contributed by atoms with Gasteiger partial charge in [0, 0.05) is 12.0 Å². The Morgan fingerprint density at radius 2 is 1.81 bits per heavy atom. The number of ketones is 1. The van der Waals surface area contributed by atoms with Gasteiger partial charge in [-0.2, -0.15) is 0 Å². The molecule has 2 aromatic carbocycles. The molecule has 0 fully saturated rings. The molecule has 2 rings (SSSR count). The van der Waals surface area contributed by atoms with Gasteiger partial charge in [0.15, 0.2) is 5.78 Å². The van der Waals surface area contributed by atoms with E-state index in [-0.39, 0.29) is 5.78 Å². The molecule has 0 unspecified atom stereocenters. The molecule has 2 nitrogen and oxygen atoms in total. The molecule has 0 aliphatic rings. The number of hydrogen-bond donors (Lipinski definition) is 1. The zero-order chi connectivity index (χ0) is 11.5. The van der Waals surface area contributed by atoms with Gasteiger partial charge in [-0.15, -0.1) is 0 Å². The summed E-state index contributed by atoms with van der Waals surface area (Å²) in [5.41, 5.74) is 7.36. The highest BCUT2D eigenvalue weighted by molar-refractivity contribution is 6.00. The average molecular weight is 213 g/mol. The molecule has 0 aromatic heterocycles. The molecule has 0 saturated carbocycles. The van der Waals surface area contributed by atoms with Gasteiger partial charge in [0.2, 0.25) is 0 Å². The van der Waals surface area contributed by atoms with Gasteiger partial charge in [-0.3, -0.25) is 4.79 Å². The number of fused-ring (bicyclic) bond motifs is 1. The standard InChI is InChI=1S/C14H15NO/c1-10-2-3-12-9-13(14(16)6-7-15)5-4-11(12)8-10/h2-5,8-9H,6-7,15H2,1H3. The Kier molecular flexibility index (Phi) is 3.02. The molecule has 2 aromatic rings. The number of benzene rings is 2. The molecule has 0 bridgehead atoms. The first-order valence-electron chi connectivity index (χ1n) is 5.44. The van der Waals surface area contributed by atoms with Crippen molar-refractivity contribution in [2.24, 2.45) is 5.73 Å². The van der Waals surface area contributed by atoms with Gasteiger partial charge in [0.25, 0.3) is 0 Å². The van der Waals surface area contributed by atoms with Crippen LogP contribution in [0.3, 0.4) is 0 Å². The van der Waals surface area contributed by atoms with E-state index in [1.165, 1.54) is 10.9 Å². The quantitative estimate of drug-likeness (QED) is 0.796. The lowest BCUT2D eigenvalue weighted by Crippen LogP contribution is -2.07. The Morgan fingerprint density at radius 1 is 1.12 bits per heavy atom. The van der Waals surface area contributed by atoms with Crippen molar-refractivity contribution < 1.29 is 4.79 Å². The van der Waals surface area contributed by atoms with Crippen LogP contribution in [-0.2, 0) is 0 Å². The highest BCUT2D eigenvalue weighted by atomic mass is 16.1. The summed E-state index contributed by atoms with van der Waals surface area (Å²) in [4.78, 5) is 11.7. The van der Waals surface area contributed by atoms with Crippen molar-refractivity contribution in [2.45, 2.75) is 13.3 Å². The van der Waals surface area contributed by atoms with Gasteiger partial charge in [0.05, 0.1) is 0 Å². The van der Waals surface area contributed by atoms with Gasteiger partial charge in [0.1, 0.15) is 0 Å². The van der Waals surface area contributed by atoms with Crippen molar-refractivity contribution in [2.75, 3.05) is 6.54 Å². The summed E-state index contributed by atoms with van der Waals surface area (Å²) in [6, 6.07) is 12.0. The molecule has 0 spiro atoms. The van der Waals surface area contributed by atoms with Crippen LogP contribution in [0.25, 0.3) is 10.8 Å². The highest BCUT2D eigenvalue weighted by Gasteiger charge is 2.05. The summed E-state index contributed by atoms with van der Waals surface area (Å²) in [5, 5.41) is 2.28.